The molecule has 0 saturated carbocycles. The van der Waals surface area contributed by atoms with Gasteiger partial charge in [-0.3, -0.25) is 4.79 Å². The van der Waals surface area contributed by atoms with Crippen LogP contribution in [0.3, 0.4) is 0 Å². The Morgan fingerprint density at radius 3 is 2.26 bits per heavy atom. The third-order valence-electron chi connectivity index (χ3n) is 7.03. The summed E-state index contributed by atoms with van der Waals surface area (Å²) in [6, 6.07) is 9.40. The van der Waals surface area contributed by atoms with E-state index in [0.717, 1.165) is 82.6 Å². The van der Waals surface area contributed by atoms with Crippen molar-refractivity contribution in [2.45, 2.75) is 70.9 Å². The Kier molecular flexibility index (Phi) is 9.19. The average Bonchev–Trinajstić information content (AvgIpc) is 2.83. The fraction of sp³-hybridized carbons (Fsp3) is 0.680. The molecular weight excluding hydrogens is 390 g/mol. The molecule has 1 aromatic carbocycles. The molecule has 6 heteroatoms. The van der Waals surface area contributed by atoms with Crippen molar-refractivity contribution in [1.29, 1.82) is 0 Å². The van der Waals surface area contributed by atoms with Crippen molar-refractivity contribution in [3.05, 3.63) is 35.9 Å². The smallest absolute Gasteiger partial charge is 0.410 e. The Hall–Kier alpha value is -2.08. The highest BCUT2D eigenvalue weighted by molar-refractivity contribution is 5.81. The van der Waals surface area contributed by atoms with Crippen LogP contribution in [0.15, 0.2) is 30.3 Å². The minimum absolute atomic E-state index is 0.130. The van der Waals surface area contributed by atoms with Gasteiger partial charge in [0, 0.05) is 26.2 Å². The molecule has 0 bridgehead atoms. The van der Waals surface area contributed by atoms with Gasteiger partial charge in [-0.05, 0) is 49.5 Å². The molecule has 0 aliphatic carbocycles. The van der Waals surface area contributed by atoms with Gasteiger partial charge in [-0.2, -0.15) is 0 Å². The zero-order valence-electron chi connectivity index (χ0n) is 19.0. The number of ether oxygens (including phenoxy) is 1. The van der Waals surface area contributed by atoms with Crippen molar-refractivity contribution in [3.63, 3.8) is 0 Å². The van der Waals surface area contributed by atoms with Crippen molar-refractivity contribution in [3.8, 4) is 0 Å². The van der Waals surface area contributed by atoms with E-state index < -0.39 is 0 Å². The van der Waals surface area contributed by atoms with E-state index >= 15 is 0 Å². The maximum absolute atomic E-state index is 12.6. The lowest BCUT2D eigenvalue weighted by molar-refractivity contribution is -0.134. The van der Waals surface area contributed by atoms with Gasteiger partial charge in [0.15, 0.2) is 0 Å². The summed E-state index contributed by atoms with van der Waals surface area (Å²) < 4.78 is 5.44. The number of hydrogen-bond acceptors (Lipinski definition) is 4. The molecule has 1 atom stereocenters. The molecule has 2 heterocycles. The molecule has 0 radical (unpaired) electrons. The lowest BCUT2D eigenvalue weighted by atomic mass is 9.90. The highest BCUT2D eigenvalue weighted by atomic mass is 16.6. The molecule has 2 N–H and O–H groups in total. The molecule has 0 spiro atoms. The van der Waals surface area contributed by atoms with E-state index in [2.05, 4.69) is 6.92 Å². The van der Waals surface area contributed by atoms with Gasteiger partial charge in [-0.25, -0.2) is 4.79 Å². The first-order chi connectivity index (χ1) is 15.1. The van der Waals surface area contributed by atoms with Crippen LogP contribution in [0.5, 0.6) is 0 Å². The first-order valence-electron chi connectivity index (χ1n) is 12.1. The minimum Gasteiger partial charge on any atom is -0.445 e. The Morgan fingerprint density at radius 1 is 1.00 bits per heavy atom. The number of rotatable bonds is 8. The van der Waals surface area contributed by atoms with Gasteiger partial charge in [0.1, 0.15) is 6.61 Å². The van der Waals surface area contributed by atoms with Crippen LogP contribution in [0.4, 0.5) is 4.79 Å². The van der Waals surface area contributed by atoms with Crippen LogP contribution in [-0.2, 0) is 16.1 Å². The van der Waals surface area contributed by atoms with E-state index in [4.69, 9.17) is 10.5 Å². The molecule has 2 saturated heterocycles. The number of hydrogen-bond donors (Lipinski definition) is 1. The molecular formula is C25H39N3O3. The van der Waals surface area contributed by atoms with Crippen molar-refractivity contribution in [2.24, 2.45) is 17.6 Å². The van der Waals surface area contributed by atoms with Crippen molar-refractivity contribution in [1.82, 2.24) is 9.80 Å². The van der Waals surface area contributed by atoms with Crippen LogP contribution in [0.2, 0.25) is 0 Å². The lowest BCUT2D eigenvalue weighted by Crippen LogP contribution is -2.47. The van der Waals surface area contributed by atoms with E-state index in [1.165, 1.54) is 6.42 Å². The molecule has 2 aliphatic heterocycles. The normalized spacial score (nSPS) is 19.3. The quantitative estimate of drug-likeness (QED) is 0.673. The second-order valence-electron chi connectivity index (χ2n) is 9.18. The standard InChI is InChI=1S/C25H39N3O3/c1-2-20-11-15-27(16-12-20)24(29)23(26)10-6-9-21-13-17-28(18-14-21)25(30)31-19-22-7-4-3-5-8-22/h3-5,7-8,20-21,23H,2,6,9-19,26H2,1H3/t23-/m0/s1. The highest BCUT2D eigenvalue weighted by Crippen LogP contribution is 2.24. The summed E-state index contributed by atoms with van der Waals surface area (Å²) in [5.74, 6) is 1.49. The predicted molar refractivity (Wildman–Crippen MR) is 122 cm³/mol. The van der Waals surface area contributed by atoms with Crippen LogP contribution < -0.4 is 5.73 Å². The molecule has 172 valence electrons. The summed E-state index contributed by atoms with van der Waals surface area (Å²) in [5.41, 5.74) is 7.22. The maximum Gasteiger partial charge on any atom is 0.410 e. The summed E-state index contributed by atoms with van der Waals surface area (Å²) in [6.45, 7) is 5.77. The number of benzene rings is 1. The summed E-state index contributed by atoms with van der Waals surface area (Å²) in [4.78, 5) is 28.7. The number of carbonyl (C=O) groups excluding carboxylic acids is 2. The van der Waals surface area contributed by atoms with Crippen molar-refractivity contribution >= 4 is 12.0 Å². The zero-order valence-corrected chi connectivity index (χ0v) is 19.0. The maximum atomic E-state index is 12.6. The van der Waals surface area contributed by atoms with Crippen molar-refractivity contribution in [2.75, 3.05) is 26.2 Å². The summed E-state index contributed by atoms with van der Waals surface area (Å²) in [5, 5.41) is 0. The fourth-order valence-corrected chi connectivity index (χ4v) is 4.76. The molecule has 3 rings (SSSR count). The van der Waals surface area contributed by atoms with Crippen LogP contribution >= 0.6 is 0 Å². The van der Waals surface area contributed by atoms with Gasteiger partial charge in [0.25, 0.3) is 0 Å². The Morgan fingerprint density at radius 2 is 1.61 bits per heavy atom. The van der Waals surface area contributed by atoms with Crippen LogP contribution in [0.1, 0.15) is 63.9 Å². The van der Waals surface area contributed by atoms with Gasteiger partial charge in [-0.1, -0.05) is 56.5 Å². The first-order valence-corrected chi connectivity index (χ1v) is 12.1. The van der Waals surface area contributed by atoms with Gasteiger partial charge >= 0.3 is 6.09 Å². The van der Waals surface area contributed by atoms with Gasteiger partial charge in [-0.15, -0.1) is 0 Å². The van der Waals surface area contributed by atoms with Gasteiger partial charge in [0.2, 0.25) is 5.91 Å². The largest absolute Gasteiger partial charge is 0.445 e. The molecule has 1 aromatic rings. The van der Waals surface area contributed by atoms with E-state index in [-0.39, 0.29) is 18.0 Å². The highest BCUT2D eigenvalue weighted by Gasteiger charge is 2.27. The number of likely N-dealkylation sites (tertiary alicyclic amines) is 2. The SMILES string of the molecule is CCC1CCN(C(=O)[C@@H](N)CCCC2CCN(C(=O)OCc3ccccc3)CC2)CC1. The first kappa shape index (κ1) is 23.6. The van der Waals surface area contributed by atoms with Gasteiger partial charge in [0.05, 0.1) is 6.04 Å². The molecule has 6 nitrogen and oxygen atoms in total. The number of piperidine rings is 2. The molecule has 2 fully saturated rings. The summed E-state index contributed by atoms with van der Waals surface area (Å²) in [6.07, 6.45) is 8.00. The topological polar surface area (TPSA) is 75.9 Å². The van der Waals surface area contributed by atoms with E-state index in [9.17, 15) is 9.59 Å². The molecule has 2 aliphatic rings. The lowest BCUT2D eigenvalue weighted by Gasteiger charge is -2.33. The molecule has 31 heavy (non-hydrogen) atoms. The van der Waals surface area contributed by atoms with Crippen LogP contribution in [0, 0.1) is 11.8 Å². The summed E-state index contributed by atoms with van der Waals surface area (Å²) >= 11 is 0. The number of amides is 2. The van der Waals surface area contributed by atoms with Crippen molar-refractivity contribution < 1.29 is 14.3 Å². The van der Waals surface area contributed by atoms with E-state index in [1.54, 1.807) is 0 Å². The van der Waals surface area contributed by atoms with Gasteiger partial charge < -0.3 is 20.3 Å². The minimum atomic E-state index is -0.369. The second kappa shape index (κ2) is 12.1. The average molecular weight is 430 g/mol. The second-order valence-corrected chi connectivity index (χ2v) is 9.18. The third kappa shape index (κ3) is 7.23. The number of nitrogens with zero attached hydrogens (tertiary/aromatic N) is 2. The van der Waals surface area contributed by atoms with Crippen LogP contribution in [0.25, 0.3) is 0 Å². The Bertz CT molecular complexity index is 681. The number of nitrogens with two attached hydrogens (primary N) is 1. The molecule has 2 amide bonds. The third-order valence-corrected chi connectivity index (χ3v) is 7.03. The predicted octanol–water partition coefficient (Wildman–Crippen LogP) is 4.18. The molecule has 0 unspecified atom stereocenters. The fourth-order valence-electron chi connectivity index (χ4n) is 4.76. The molecule has 0 aromatic heterocycles. The zero-order chi connectivity index (χ0) is 22.1. The van der Waals surface area contributed by atoms with Crippen LogP contribution in [-0.4, -0.2) is 54.0 Å². The Labute approximate surface area is 187 Å². The Balaban J connectivity index is 1.28. The monoisotopic (exact) mass is 429 g/mol. The number of carbonyl (C=O) groups is 2. The summed E-state index contributed by atoms with van der Waals surface area (Å²) in [7, 11) is 0. The van der Waals surface area contributed by atoms with E-state index in [1.807, 2.05) is 40.1 Å². The van der Waals surface area contributed by atoms with E-state index in [0.29, 0.717) is 12.5 Å².